The van der Waals surface area contributed by atoms with E-state index in [0.29, 0.717) is 32.4 Å². The predicted molar refractivity (Wildman–Crippen MR) is 109 cm³/mol. The SMILES string of the molecule is O=C(O)C(CCc1ccccc1)NCC(=O)N1C[C@@H](C2CCCCO2)C[C@H]1C(=O)O. The number of ether oxygens (including phenoxy) is 1. The number of hydrogen-bond donors (Lipinski definition) is 3. The van der Waals surface area contributed by atoms with Crippen molar-refractivity contribution in [1.29, 1.82) is 0 Å². The number of aliphatic carboxylic acids is 2. The molecule has 1 aromatic carbocycles. The summed E-state index contributed by atoms with van der Waals surface area (Å²) in [7, 11) is 0. The summed E-state index contributed by atoms with van der Waals surface area (Å²) >= 11 is 0. The van der Waals surface area contributed by atoms with Crippen molar-refractivity contribution in [3.8, 4) is 0 Å². The van der Waals surface area contributed by atoms with Gasteiger partial charge in [-0.15, -0.1) is 0 Å². The number of aryl methyl sites for hydroxylation is 1. The number of carboxylic acid groups (broad SMARTS) is 2. The first kappa shape index (κ1) is 22.2. The van der Waals surface area contributed by atoms with Crippen LogP contribution in [0.25, 0.3) is 0 Å². The number of likely N-dealkylation sites (tertiary alicyclic amines) is 1. The number of rotatable bonds is 9. The zero-order valence-corrected chi connectivity index (χ0v) is 17.0. The van der Waals surface area contributed by atoms with E-state index >= 15 is 0 Å². The Labute approximate surface area is 176 Å². The maximum absolute atomic E-state index is 12.8. The van der Waals surface area contributed by atoms with Gasteiger partial charge < -0.3 is 19.8 Å². The molecule has 2 aliphatic rings. The quantitative estimate of drug-likeness (QED) is 0.557. The molecular weight excluding hydrogens is 388 g/mol. The maximum atomic E-state index is 12.8. The van der Waals surface area contributed by atoms with Crippen molar-refractivity contribution in [3.05, 3.63) is 35.9 Å². The molecule has 0 aromatic heterocycles. The first-order chi connectivity index (χ1) is 14.5. The molecule has 2 aliphatic heterocycles. The summed E-state index contributed by atoms with van der Waals surface area (Å²) in [5, 5.41) is 21.9. The van der Waals surface area contributed by atoms with Crippen molar-refractivity contribution >= 4 is 17.8 Å². The smallest absolute Gasteiger partial charge is 0.326 e. The highest BCUT2D eigenvalue weighted by molar-refractivity contribution is 5.86. The van der Waals surface area contributed by atoms with Crippen molar-refractivity contribution in [1.82, 2.24) is 10.2 Å². The van der Waals surface area contributed by atoms with Crippen LogP contribution in [0, 0.1) is 5.92 Å². The van der Waals surface area contributed by atoms with Gasteiger partial charge in [-0.05, 0) is 44.1 Å². The molecule has 4 atom stereocenters. The third kappa shape index (κ3) is 5.79. The first-order valence-corrected chi connectivity index (χ1v) is 10.6. The van der Waals surface area contributed by atoms with Gasteiger partial charge in [-0.25, -0.2) is 4.79 Å². The Morgan fingerprint density at radius 2 is 1.93 bits per heavy atom. The van der Waals surface area contributed by atoms with E-state index in [1.807, 2.05) is 30.3 Å². The minimum absolute atomic E-state index is 0.00343. The van der Waals surface area contributed by atoms with E-state index in [4.69, 9.17) is 4.74 Å². The van der Waals surface area contributed by atoms with Crippen LogP contribution in [0.1, 0.15) is 37.7 Å². The Morgan fingerprint density at radius 1 is 1.17 bits per heavy atom. The maximum Gasteiger partial charge on any atom is 0.326 e. The fourth-order valence-corrected chi connectivity index (χ4v) is 4.37. The Hall–Kier alpha value is -2.45. The molecule has 2 unspecified atom stereocenters. The highest BCUT2D eigenvalue weighted by atomic mass is 16.5. The van der Waals surface area contributed by atoms with Gasteiger partial charge in [-0.3, -0.25) is 14.9 Å². The molecule has 0 saturated carbocycles. The fourth-order valence-electron chi connectivity index (χ4n) is 4.37. The lowest BCUT2D eigenvalue weighted by Crippen LogP contribution is -2.48. The summed E-state index contributed by atoms with van der Waals surface area (Å²) in [5.74, 6) is -2.43. The van der Waals surface area contributed by atoms with Gasteiger partial charge >= 0.3 is 11.9 Å². The second kappa shape index (κ2) is 10.5. The highest BCUT2D eigenvalue weighted by Gasteiger charge is 2.43. The molecule has 30 heavy (non-hydrogen) atoms. The van der Waals surface area contributed by atoms with Crippen LogP contribution in [0.3, 0.4) is 0 Å². The number of hydrogen-bond acceptors (Lipinski definition) is 5. The van der Waals surface area contributed by atoms with Crippen LogP contribution < -0.4 is 5.32 Å². The standard InChI is InChI=1S/C22H30N2O6/c25-20(13-23-17(21(26)27)10-9-15-6-2-1-3-7-15)24-14-16(12-18(24)22(28)29)19-8-4-5-11-30-19/h1-3,6-7,16-19,23H,4-5,8-14H2,(H,26,27)(H,28,29)/t16-,17?,18-,19?/m0/s1. The van der Waals surface area contributed by atoms with Crippen LogP contribution in [0.5, 0.6) is 0 Å². The van der Waals surface area contributed by atoms with Gasteiger partial charge in [0.1, 0.15) is 12.1 Å². The second-order valence-corrected chi connectivity index (χ2v) is 8.10. The zero-order valence-electron chi connectivity index (χ0n) is 17.0. The van der Waals surface area contributed by atoms with E-state index in [1.54, 1.807) is 0 Å². The number of nitrogens with zero attached hydrogens (tertiary/aromatic N) is 1. The van der Waals surface area contributed by atoms with Crippen molar-refractivity contribution in [2.75, 3.05) is 19.7 Å². The summed E-state index contributed by atoms with van der Waals surface area (Å²) in [6.07, 6.45) is 4.23. The molecule has 1 amide bonds. The molecule has 0 radical (unpaired) electrons. The lowest BCUT2D eigenvalue weighted by atomic mass is 9.93. The van der Waals surface area contributed by atoms with Crippen LogP contribution in [-0.2, 0) is 25.5 Å². The first-order valence-electron chi connectivity index (χ1n) is 10.6. The van der Waals surface area contributed by atoms with E-state index in [1.165, 1.54) is 4.90 Å². The topological polar surface area (TPSA) is 116 Å². The van der Waals surface area contributed by atoms with E-state index in [-0.39, 0.29) is 24.5 Å². The van der Waals surface area contributed by atoms with Crippen molar-refractivity contribution in [2.45, 2.75) is 56.7 Å². The molecule has 1 aromatic rings. The Morgan fingerprint density at radius 3 is 2.57 bits per heavy atom. The molecule has 3 N–H and O–H groups in total. The highest BCUT2D eigenvalue weighted by Crippen LogP contribution is 2.31. The van der Waals surface area contributed by atoms with E-state index in [9.17, 15) is 24.6 Å². The monoisotopic (exact) mass is 418 g/mol. The van der Waals surface area contributed by atoms with Crippen molar-refractivity contribution in [3.63, 3.8) is 0 Å². The number of nitrogens with one attached hydrogen (secondary N) is 1. The van der Waals surface area contributed by atoms with Crippen molar-refractivity contribution < 1.29 is 29.3 Å². The van der Waals surface area contributed by atoms with Gasteiger partial charge in [0, 0.05) is 19.1 Å². The van der Waals surface area contributed by atoms with E-state index in [2.05, 4.69) is 5.32 Å². The van der Waals surface area contributed by atoms with Gasteiger partial charge in [0.2, 0.25) is 5.91 Å². The Kier molecular flexibility index (Phi) is 7.81. The van der Waals surface area contributed by atoms with Crippen LogP contribution in [0.4, 0.5) is 0 Å². The number of carboxylic acids is 2. The summed E-state index contributed by atoms with van der Waals surface area (Å²) in [5.41, 5.74) is 1.03. The number of carbonyl (C=O) groups is 3. The van der Waals surface area contributed by atoms with Gasteiger partial charge in [0.15, 0.2) is 0 Å². The zero-order chi connectivity index (χ0) is 21.5. The molecule has 8 nitrogen and oxygen atoms in total. The average Bonchev–Trinajstić information content (AvgIpc) is 3.21. The molecule has 164 valence electrons. The van der Waals surface area contributed by atoms with Crippen LogP contribution >= 0.6 is 0 Å². The lowest BCUT2D eigenvalue weighted by molar-refractivity contribution is -0.148. The molecule has 0 bridgehead atoms. The summed E-state index contributed by atoms with van der Waals surface area (Å²) in [6, 6.07) is 7.79. The minimum atomic E-state index is -1.03. The number of carbonyl (C=O) groups excluding carboxylic acids is 1. The summed E-state index contributed by atoms with van der Waals surface area (Å²) in [6.45, 7) is 0.813. The number of amides is 1. The van der Waals surface area contributed by atoms with Gasteiger partial charge in [-0.1, -0.05) is 30.3 Å². The average molecular weight is 418 g/mol. The fraction of sp³-hybridized carbons (Fsp3) is 0.591. The van der Waals surface area contributed by atoms with Gasteiger partial charge in [0.25, 0.3) is 0 Å². The summed E-state index contributed by atoms with van der Waals surface area (Å²) < 4.78 is 5.80. The molecule has 2 fully saturated rings. The van der Waals surface area contributed by atoms with Gasteiger partial charge in [0.05, 0.1) is 12.6 Å². The third-order valence-electron chi connectivity index (χ3n) is 6.04. The minimum Gasteiger partial charge on any atom is -0.480 e. The Balaban J connectivity index is 1.55. The Bertz CT molecular complexity index is 734. The largest absolute Gasteiger partial charge is 0.480 e. The van der Waals surface area contributed by atoms with Crippen LogP contribution in [0.2, 0.25) is 0 Å². The molecule has 8 heteroatoms. The second-order valence-electron chi connectivity index (χ2n) is 8.10. The molecular formula is C22H30N2O6. The van der Waals surface area contributed by atoms with E-state index < -0.39 is 24.0 Å². The molecule has 3 rings (SSSR count). The predicted octanol–water partition coefficient (Wildman–Crippen LogP) is 1.53. The molecule has 2 saturated heterocycles. The van der Waals surface area contributed by atoms with E-state index in [0.717, 1.165) is 24.8 Å². The molecule has 0 spiro atoms. The van der Waals surface area contributed by atoms with Crippen LogP contribution in [-0.4, -0.2) is 70.8 Å². The van der Waals surface area contributed by atoms with Crippen molar-refractivity contribution in [2.24, 2.45) is 5.92 Å². The lowest BCUT2D eigenvalue weighted by Gasteiger charge is -2.28. The summed E-state index contributed by atoms with van der Waals surface area (Å²) in [4.78, 5) is 37.4. The van der Waals surface area contributed by atoms with Crippen LogP contribution in [0.15, 0.2) is 30.3 Å². The molecule has 2 heterocycles. The number of benzene rings is 1. The third-order valence-corrected chi connectivity index (χ3v) is 6.04. The molecule has 0 aliphatic carbocycles. The van der Waals surface area contributed by atoms with Gasteiger partial charge in [-0.2, -0.15) is 0 Å². The normalized spacial score (nSPS) is 25.1.